The van der Waals surface area contributed by atoms with Crippen molar-refractivity contribution in [1.29, 1.82) is 0 Å². The van der Waals surface area contributed by atoms with Gasteiger partial charge in [0.2, 0.25) is 0 Å². The van der Waals surface area contributed by atoms with Crippen LogP contribution in [0.4, 0.5) is 5.69 Å². The molecule has 0 saturated carbocycles. The predicted molar refractivity (Wildman–Crippen MR) is 90.0 cm³/mol. The number of hydrogen-bond acceptors (Lipinski definition) is 3. The molecule has 0 aliphatic heterocycles. The van der Waals surface area contributed by atoms with Crippen LogP contribution in [0.1, 0.15) is 15.2 Å². The maximum atomic E-state index is 12.2. The van der Waals surface area contributed by atoms with Gasteiger partial charge < -0.3 is 10.1 Å². The number of nitrogens with one attached hydrogen (secondary N) is 1. The molecule has 1 amide bonds. The molecule has 0 aliphatic rings. The molecule has 0 saturated heterocycles. The van der Waals surface area contributed by atoms with E-state index in [2.05, 4.69) is 5.32 Å². The minimum atomic E-state index is -0.130. The molecular formula is C18H15NO2S. The monoisotopic (exact) mass is 309 g/mol. The number of benzene rings is 2. The van der Waals surface area contributed by atoms with E-state index in [0.29, 0.717) is 16.3 Å². The number of carbonyl (C=O) groups is 1. The summed E-state index contributed by atoms with van der Waals surface area (Å²) in [6, 6.07) is 18.9. The van der Waals surface area contributed by atoms with Crippen molar-refractivity contribution in [3.8, 4) is 11.5 Å². The molecule has 0 spiro atoms. The van der Waals surface area contributed by atoms with Crippen molar-refractivity contribution in [1.82, 2.24) is 0 Å². The zero-order valence-corrected chi connectivity index (χ0v) is 12.9. The molecule has 4 heteroatoms. The smallest absolute Gasteiger partial charge is 0.265 e. The van der Waals surface area contributed by atoms with Crippen molar-refractivity contribution in [2.75, 3.05) is 5.32 Å². The molecule has 110 valence electrons. The van der Waals surface area contributed by atoms with Gasteiger partial charge in [-0.2, -0.15) is 0 Å². The highest BCUT2D eigenvalue weighted by Crippen LogP contribution is 2.30. The summed E-state index contributed by atoms with van der Waals surface area (Å²) in [5.41, 5.74) is 1.83. The van der Waals surface area contributed by atoms with Gasteiger partial charge in [0.1, 0.15) is 5.75 Å². The minimum absolute atomic E-state index is 0.130. The van der Waals surface area contributed by atoms with Crippen molar-refractivity contribution in [2.24, 2.45) is 0 Å². The molecule has 2 aromatic carbocycles. The molecular weight excluding hydrogens is 294 g/mol. The molecule has 0 fully saturated rings. The van der Waals surface area contributed by atoms with Crippen molar-refractivity contribution in [3.63, 3.8) is 0 Å². The van der Waals surface area contributed by atoms with Gasteiger partial charge in [-0.15, -0.1) is 11.3 Å². The van der Waals surface area contributed by atoms with Gasteiger partial charge in [-0.3, -0.25) is 4.79 Å². The summed E-state index contributed by atoms with van der Waals surface area (Å²) in [5, 5.41) is 4.77. The third-order valence-electron chi connectivity index (χ3n) is 3.13. The van der Waals surface area contributed by atoms with Gasteiger partial charge in [-0.1, -0.05) is 35.9 Å². The quantitative estimate of drug-likeness (QED) is 0.728. The highest BCUT2D eigenvalue weighted by molar-refractivity contribution is 7.12. The molecule has 1 heterocycles. The largest absolute Gasteiger partial charge is 0.455 e. The number of carbonyl (C=O) groups excluding carboxylic acids is 1. The van der Waals surface area contributed by atoms with Crippen molar-refractivity contribution in [3.05, 3.63) is 76.5 Å². The van der Waals surface area contributed by atoms with E-state index < -0.39 is 0 Å². The lowest BCUT2D eigenvalue weighted by Crippen LogP contribution is -2.10. The zero-order valence-electron chi connectivity index (χ0n) is 12.1. The molecule has 3 rings (SSSR count). The fourth-order valence-corrected chi connectivity index (χ4v) is 2.60. The standard InChI is InChI=1S/C18H15NO2S/c1-13-8-10-14(11-9-13)21-16-6-3-2-5-15(16)19-18(20)17-7-4-12-22-17/h2-12H,1H3,(H,19,20). The van der Waals surface area contributed by atoms with E-state index in [4.69, 9.17) is 4.74 Å². The lowest BCUT2D eigenvalue weighted by Gasteiger charge is -2.12. The van der Waals surface area contributed by atoms with Crippen LogP contribution in [0.15, 0.2) is 66.0 Å². The highest BCUT2D eigenvalue weighted by atomic mass is 32.1. The summed E-state index contributed by atoms with van der Waals surface area (Å²) in [7, 11) is 0. The fourth-order valence-electron chi connectivity index (χ4n) is 1.98. The Hall–Kier alpha value is -2.59. The van der Waals surface area contributed by atoms with E-state index in [9.17, 15) is 4.79 Å². The third kappa shape index (κ3) is 3.35. The second-order valence-corrected chi connectivity index (χ2v) is 5.79. The Morgan fingerprint density at radius 1 is 1.00 bits per heavy atom. The number of para-hydroxylation sites is 2. The Balaban J connectivity index is 1.80. The first-order chi connectivity index (χ1) is 10.7. The Labute approximate surface area is 133 Å². The average molecular weight is 309 g/mol. The first-order valence-electron chi connectivity index (χ1n) is 6.91. The SMILES string of the molecule is Cc1ccc(Oc2ccccc2NC(=O)c2cccs2)cc1. The second-order valence-electron chi connectivity index (χ2n) is 4.84. The van der Waals surface area contributed by atoms with Gasteiger partial charge in [-0.25, -0.2) is 0 Å². The van der Waals surface area contributed by atoms with Crippen LogP contribution >= 0.6 is 11.3 Å². The van der Waals surface area contributed by atoms with Crippen molar-refractivity contribution < 1.29 is 9.53 Å². The highest BCUT2D eigenvalue weighted by Gasteiger charge is 2.10. The van der Waals surface area contributed by atoms with Crippen LogP contribution < -0.4 is 10.1 Å². The summed E-state index contributed by atoms with van der Waals surface area (Å²) in [6.07, 6.45) is 0. The molecule has 0 bridgehead atoms. The number of ether oxygens (including phenoxy) is 1. The van der Waals surface area contributed by atoms with Crippen LogP contribution in [0.25, 0.3) is 0 Å². The van der Waals surface area contributed by atoms with Gasteiger partial charge in [0.05, 0.1) is 10.6 Å². The van der Waals surface area contributed by atoms with Gasteiger partial charge in [0, 0.05) is 0 Å². The van der Waals surface area contributed by atoms with Crippen LogP contribution in [0, 0.1) is 6.92 Å². The normalized spacial score (nSPS) is 10.2. The molecule has 1 N–H and O–H groups in total. The predicted octanol–water partition coefficient (Wildman–Crippen LogP) is 5.10. The molecule has 0 aliphatic carbocycles. The van der Waals surface area contributed by atoms with Crippen LogP contribution in [0.5, 0.6) is 11.5 Å². The maximum absolute atomic E-state index is 12.2. The first kappa shape index (κ1) is 14.4. The van der Waals surface area contributed by atoms with Gasteiger partial charge >= 0.3 is 0 Å². The van der Waals surface area contributed by atoms with Crippen LogP contribution in [-0.2, 0) is 0 Å². The van der Waals surface area contributed by atoms with Gasteiger partial charge in [0.15, 0.2) is 5.75 Å². The Bertz CT molecular complexity index is 764. The Morgan fingerprint density at radius 3 is 2.50 bits per heavy atom. The molecule has 22 heavy (non-hydrogen) atoms. The Morgan fingerprint density at radius 2 is 1.77 bits per heavy atom. The van der Waals surface area contributed by atoms with E-state index in [0.717, 1.165) is 5.75 Å². The second kappa shape index (κ2) is 6.45. The Kier molecular flexibility index (Phi) is 4.21. The summed E-state index contributed by atoms with van der Waals surface area (Å²) in [5.74, 6) is 1.23. The van der Waals surface area contributed by atoms with Gasteiger partial charge in [-0.05, 0) is 42.6 Å². The lowest BCUT2D eigenvalue weighted by molar-refractivity contribution is 0.103. The average Bonchev–Trinajstić information content (AvgIpc) is 3.06. The number of rotatable bonds is 4. The fraction of sp³-hybridized carbons (Fsp3) is 0.0556. The van der Waals surface area contributed by atoms with Crippen molar-refractivity contribution >= 4 is 22.9 Å². The molecule has 0 radical (unpaired) electrons. The van der Waals surface area contributed by atoms with E-state index in [-0.39, 0.29) is 5.91 Å². The summed E-state index contributed by atoms with van der Waals surface area (Å²) >= 11 is 1.41. The number of hydrogen-bond donors (Lipinski definition) is 1. The molecule has 3 nitrogen and oxygen atoms in total. The lowest BCUT2D eigenvalue weighted by atomic mass is 10.2. The molecule has 1 aromatic heterocycles. The van der Waals surface area contributed by atoms with Crippen LogP contribution in [-0.4, -0.2) is 5.91 Å². The van der Waals surface area contributed by atoms with E-state index in [1.807, 2.05) is 66.9 Å². The maximum Gasteiger partial charge on any atom is 0.265 e. The summed E-state index contributed by atoms with van der Waals surface area (Å²) in [4.78, 5) is 12.8. The number of aryl methyl sites for hydroxylation is 1. The summed E-state index contributed by atoms with van der Waals surface area (Å²) < 4.78 is 5.87. The minimum Gasteiger partial charge on any atom is -0.455 e. The number of thiophene rings is 1. The topological polar surface area (TPSA) is 38.3 Å². The van der Waals surface area contributed by atoms with Gasteiger partial charge in [0.25, 0.3) is 5.91 Å². The number of amides is 1. The van der Waals surface area contributed by atoms with Crippen molar-refractivity contribution in [2.45, 2.75) is 6.92 Å². The first-order valence-corrected chi connectivity index (χ1v) is 7.79. The summed E-state index contributed by atoms with van der Waals surface area (Å²) in [6.45, 7) is 2.03. The third-order valence-corrected chi connectivity index (χ3v) is 4.00. The molecule has 3 aromatic rings. The zero-order chi connectivity index (χ0) is 15.4. The molecule has 0 atom stereocenters. The number of anilines is 1. The van der Waals surface area contributed by atoms with E-state index in [1.54, 1.807) is 6.07 Å². The van der Waals surface area contributed by atoms with Crippen LogP contribution in [0.2, 0.25) is 0 Å². The van der Waals surface area contributed by atoms with Crippen LogP contribution in [0.3, 0.4) is 0 Å². The van der Waals surface area contributed by atoms with E-state index in [1.165, 1.54) is 16.9 Å². The van der Waals surface area contributed by atoms with E-state index >= 15 is 0 Å². The molecule has 0 unspecified atom stereocenters.